The highest BCUT2D eigenvalue weighted by Gasteiger charge is 2.32. The molecule has 1 aliphatic heterocycles. The van der Waals surface area contributed by atoms with Crippen LogP contribution in [0.2, 0.25) is 0 Å². The average molecular weight is 434 g/mol. The average Bonchev–Trinajstić information content (AvgIpc) is 3.18. The molecule has 0 bridgehead atoms. The van der Waals surface area contributed by atoms with Crippen molar-refractivity contribution in [1.29, 1.82) is 0 Å². The summed E-state index contributed by atoms with van der Waals surface area (Å²) >= 11 is 0.848. The highest BCUT2D eigenvalue weighted by molar-refractivity contribution is 7.92. The monoisotopic (exact) mass is 433 g/mol. The molecule has 10 heteroatoms. The Hall–Kier alpha value is -2.59. The summed E-state index contributed by atoms with van der Waals surface area (Å²) in [6.07, 6.45) is 2.52. The van der Waals surface area contributed by atoms with E-state index in [-0.39, 0.29) is 21.3 Å². The molecule has 0 radical (unpaired) electrons. The van der Waals surface area contributed by atoms with Crippen molar-refractivity contribution >= 4 is 38.2 Å². The number of carbonyl (C=O) groups excluding carboxylic acids is 1. The van der Waals surface area contributed by atoms with Gasteiger partial charge in [-0.25, -0.2) is 8.42 Å². The summed E-state index contributed by atoms with van der Waals surface area (Å²) < 4.78 is 33.6. The number of carbonyl (C=O) groups is 1. The van der Waals surface area contributed by atoms with Crippen molar-refractivity contribution in [2.45, 2.75) is 29.9 Å². The van der Waals surface area contributed by atoms with E-state index >= 15 is 0 Å². The predicted octanol–water partition coefficient (Wildman–Crippen LogP) is 2.38. The van der Waals surface area contributed by atoms with Crippen molar-refractivity contribution < 1.29 is 17.6 Å². The van der Waals surface area contributed by atoms with Crippen molar-refractivity contribution in [2.75, 3.05) is 19.3 Å². The zero-order chi connectivity index (χ0) is 20.8. The van der Waals surface area contributed by atoms with Crippen molar-refractivity contribution in [3.05, 3.63) is 51.5 Å². The Labute approximate surface area is 171 Å². The summed E-state index contributed by atoms with van der Waals surface area (Å²) in [5.74, 6) is -0.642. The maximum absolute atomic E-state index is 13.0. The van der Waals surface area contributed by atoms with Gasteiger partial charge in [0.25, 0.3) is 5.91 Å². The molecule has 0 unspecified atom stereocenters. The zero-order valence-electron chi connectivity index (χ0n) is 15.9. The van der Waals surface area contributed by atoms with Crippen LogP contribution in [0.15, 0.2) is 37.7 Å². The lowest BCUT2D eigenvalue weighted by Gasteiger charge is -2.31. The molecule has 1 aliphatic rings. The minimum Gasteiger partial charge on any atom is -0.451 e. The number of rotatable bonds is 3. The van der Waals surface area contributed by atoms with E-state index in [0.29, 0.717) is 42.6 Å². The smallest absolute Gasteiger partial charge is 0.289 e. The van der Waals surface area contributed by atoms with Gasteiger partial charge in [0.2, 0.25) is 0 Å². The third-order valence-electron chi connectivity index (χ3n) is 5.01. The molecule has 1 aromatic carbocycles. The SMILES string of the molecule is Cc1ccc2oc(C(=O)N3CCC[C@@H](c4nnsc4S(C)(=O)=O)C3)cc(=O)c2c1. The van der Waals surface area contributed by atoms with Crippen LogP contribution in [-0.4, -0.2) is 48.2 Å². The lowest BCUT2D eigenvalue weighted by Crippen LogP contribution is -2.39. The highest BCUT2D eigenvalue weighted by Crippen LogP contribution is 2.32. The molecule has 1 saturated heterocycles. The van der Waals surface area contributed by atoms with E-state index in [4.69, 9.17) is 4.42 Å². The number of aromatic nitrogens is 2. The van der Waals surface area contributed by atoms with E-state index in [1.807, 2.05) is 13.0 Å². The lowest BCUT2D eigenvalue weighted by molar-refractivity contribution is 0.0673. The van der Waals surface area contributed by atoms with Gasteiger partial charge in [0.15, 0.2) is 25.2 Å². The Morgan fingerprint density at radius 1 is 1.31 bits per heavy atom. The van der Waals surface area contributed by atoms with Gasteiger partial charge in [-0.05, 0) is 31.9 Å². The Kier molecular flexibility index (Phi) is 4.99. The Morgan fingerprint density at radius 2 is 2.10 bits per heavy atom. The van der Waals surface area contributed by atoms with Gasteiger partial charge in [-0.3, -0.25) is 9.59 Å². The molecule has 8 nitrogen and oxygen atoms in total. The number of benzene rings is 1. The van der Waals surface area contributed by atoms with Crippen molar-refractivity contribution in [1.82, 2.24) is 14.5 Å². The Morgan fingerprint density at radius 3 is 2.86 bits per heavy atom. The second-order valence-corrected chi connectivity index (χ2v) is 10.2. The van der Waals surface area contributed by atoms with E-state index < -0.39 is 15.7 Å². The fraction of sp³-hybridized carbons (Fsp3) is 0.368. The summed E-state index contributed by atoms with van der Waals surface area (Å²) in [4.78, 5) is 27.0. The minimum atomic E-state index is -3.43. The van der Waals surface area contributed by atoms with Crippen LogP contribution in [-0.2, 0) is 9.84 Å². The van der Waals surface area contributed by atoms with Gasteiger partial charge in [0, 0.05) is 42.9 Å². The fourth-order valence-corrected chi connectivity index (χ4v) is 5.34. The molecule has 1 atom stereocenters. The van der Waals surface area contributed by atoms with Crippen LogP contribution in [0.25, 0.3) is 11.0 Å². The summed E-state index contributed by atoms with van der Waals surface area (Å²) in [6.45, 7) is 2.67. The first-order valence-electron chi connectivity index (χ1n) is 9.10. The largest absolute Gasteiger partial charge is 0.451 e. The third-order valence-corrected chi connectivity index (χ3v) is 7.56. The zero-order valence-corrected chi connectivity index (χ0v) is 17.5. The summed E-state index contributed by atoms with van der Waals surface area (Å²) in [5.41, 5.74) is 1.43. The standard InChI is InChI=1S/C19H19N3O5S2/c1-11-5-6-15-13(8-11)14(23)9-16(27-15)18(24)22-7-3-4-12(10-22)17-19(28-21-20-17)29(2,25)26/h5-6,8-9,12H,3-4,7,10H2,1-2H3/t12-/m1/s1. The van der Waals surface area contributed by atoms with Gasteiger partial charge in [-0.15, -0.1) is 5.10 Å². The van der Waals surface area contributed by atoms with Crippen LogP contribution in [0.1, 0.15) is 40.6 Å². The molecule has 2 aromatic heterocycles. The maximum Gasteiger partial charge on any atom is 0.289 e. The maximum atomic E-state index is 13.0. The van der Waals surface area contributed by atoms with Gasteiger partial charge < -0.3 is 9.32 Å². The van der Waals surface area contributed by atoms with Crippen molar-refractivity contribution in [3.63, 3.8) is 0 Å². The summed E-state index contributed by atoms with van der Waals surface area (Å²) in [7, 11) is -3.43. The number of amides is 1. The number of sulfone groups is 1. The molecule has 3 heterocycles. The Bertz CT molecular complexity index is 1260. The van der Waals surface area contributed by atoms with Crippen LogP contribution < -0.4 is 5.43 Å². The van der Waals surface area contributed by atoms with Gasteiger partial charge in [0.1, 0.15) is 5.58 Å². The molecule has 152 valence electrons. The van der Waals surface area contributed by atoms with Gasteiger partial charge >= 0.3 is 0 Å². The van der Waals surface area contributed by atoms with Crippen LogP contribution in [0.4, 0.5) is 0 Å². The van der Waals surface area contributed by atoms with Crippen LogP contribution >= 0.6 is 11.5 Å². The van der Waals surface area contributed by atoms with Gasteiger partial charge in [0.05, 0.1) is 11.1 Å². The first-order chi connectivity index (χ1) is 13.7. The number of aryl methyl sites for hydroxylation is 1. The minimum absolute atomic E-state index is 0.0215. The molecule has 0 spiro atoms. The Balaban J connectivity index is 1.63. The van der Waals surface area contributed by atoms with E-state index in [9.17, 15) is 18.0 Å². The first-order valence-corrected chi connectivity index (χ1v) is 11.8. The highest BCUT2D eigenvalue weighted by atomic mass is 32.2. The number of hydrogen-bond donors (Lipinski definition) is 0. The number of hydrogen-bond acceptors (Lipinski definition) is 8. The van der Waals surface area contributed by atoms with Crippen LogP contribution in [0.3, 0.4) is 0 Å². The third kappa shape index (κ3) is 3.82. The topological polar surface area (TPSA) is 110 Å². The van der Waals surface area contributed by atoms with Gasteiger partial charge in [-0.1, -0.05) is 16.1 Å². The van der Waals surface area contributed by atoms with E-state index in [0.717, 1.165) is 23.4 Å². The van der Waals surface area contributed by atoms with Crippen LogP contribution in [0, 0.1) is 6.92 Å². The number of nitrogens with zero attached hydrogens (tertiary/aromatic N) is 3. The molecule has 29 heavy (non-hydrogen) atoms. The fourth-order valence-electron chi connectivity index (χ4n) is 3.61. The second kappa shape index (κ2) is 7.34. The normalized spacial score (nSPS) is 17.6. The number of likely N-dealkylation sites (tertiary alicyclic amines) is 1. The molecular formula is C19H19N3O5S2. The molecule has 0 saturated carbocycles. The molecule has 4 rings (SSSR count). The van der Waals surface area contributed by atoms with E-state index in [2.05, 4.69) is 9.59 Å². The molecular weight excluding hydrogens is 414 g/mol. The van der Waals surface area contributed by atoms with Crippen molar-refractivity contribution in [2.24, 2.45) is 0 Å². The van der Waals surface area contributed by atoms with Crippen LogP contribution in [0.5, 0.6) is 0 Å². The van der Waals surface area contributed by atoms with E-state index in [1.165, 1.54) is 6.07 Å². The first kappa shape index (κ1) is 19.7. The number of fused-ring (bicyclic) bond motifs is 1. The summed E-state index contributed by atoms with van der Waals surface area (Å²) in [6, 6.07) is 6.45. The number of piperidine rings is 1. The van der Waals surface area contributed by atoms with E-state index in [1.54, 1.807) is 17.0 Å². The van der Waals surface area contributed by atoms with Crippen molar-refractivity contribution in [3.8, 4) is 0 Å². The molecule has 1 fully saturated rings. The molecule has 0 N–H and O–H groups in total. The summed E-state index contributed by atoms with van der Waals surface area (Å²) in [5, 5.41) is 4.45. The molecule has 0 aliphatic carbocycles. The predicted molar refractivity (Wildman–Crippen MR) is 108 cm³/mol. The molecule has 3 aromatic rings. The van der Waals surface area contributed by atoms with Gasteiger partial charge in [-0.2, -0.15) is 0 Å². The second-order valence-electron chi connectivity index (χ2n) is 7.28. The quantitative estimate of drug-likeness (QED) is 0.623. The lowest BCUT2D eigenvalue weighted by atomic mass is 9.95. The molecule has 1 amide bonds.